The lowest BCUT2D eigenvalue weighted by Gasteiger charge is -2.33. The summed E-state index contributed by atoms with van der Waals surface area (Å²) in [5, 5.41) is -0.162. The van der Waals surface area contributed by atoms with E-state index >= 15 is 0 Å². The van der Waals surface area contributed by atoms with E-state index in [4.69, 9.17) is 11.6 Å². The Labute approximate surface area is 235 Å². The number of hydrogen-bond acceptors (Lipinski definition) is 3. The van der Waals surface area contributed by atoms with Gasteiger partial charge in [-0.05, 0) is 48.7 Å². The molecule has 0 aliphatic carbocycles. The Balaban J connectivity index is 1.57. The molecule has 2 aliphatic rings. The molecule has 0 radical (unpaired) electrons. The number of halogens is 5. The Morgan fingerprint density at radius 1 is 0.950 bits per heavy atom. The molecule has 4 amide bonds. The summed E-state index contributed by atoms with van der Waals surface area (Å²) in [6.07, 6.45) is -3.57. The zero-order valence-corrected chi connectivity index (χ0v) is 23.2. The number of nitrogens with zero attached hydrogens (tertiary/aromatic N) is 4. The van der Waals surface area contributed by atoms with Crippen LogP contribution in [0.25, 0.3) is 0 Å². The SMILES string of the molecule is CC(=O)N1CCC(C(=O)N2C[C@@H](N(C)C(=O)N(C)c3cc(Cl)cc(C(F)(F)F)c3)[C@H](c3ccc(F)cc3)C2)CC1. The molecule has 4 rings (SSSR count). The third kappa shape index (κ3) is 6.35. The van der Waals surface area contributed by atoms with Gasteiger partial charge in [0.2, 0.25) is 11.8 Å². The maximum absolute atomic E-state index is 13.7. The highest BCUT2D eigenvalue weighted by Gasteiger charge is 2.43. The van der Waals surface area contributed by atoms with Crippen molar-refractivity contribution in [2.24, 2.45) is 5.92 Å². The number of amides is 4. The Kier molecular flexibility index (Phi) is 8.63. The zero-order valence-electron chi connectivity index (χ0n) is 22.4. The van der Waals surface area contributed by atoms with Crippen molar-refractivity contribution in [1.82, 2.24) is 14.7 Å². The van der Waals surface area contributed by atoms with E-state index in [9.17, 15) is 31.9 Å². The van der Waals surface area contributed by atoms with Crippen molar-refractivity contribution >= 4 is 35.1 Å². The highest BCUT2D eigenvalue weighted by Crippen LogP contribution is 2.36. The van der Waals surface area contributed by atoms with E-state index in [0.29, 0.717) is 32.5 Å². The van der Waals surface area contributed by atoms with Crippen LogP contribution in [-0.4, -0.2) is 78.9 Å². The molecule has 2 aliphatic heterocycles. The van der Waals surface area contributed by atoms with Crippen molar-refractivity contribution in [3.8, 4) is 0 Å². The average Bonchev–Trinajstić information content (AvgIpc) is 3.36. The minimum atomic E-state index is -4.64. The Bertz CT molecular complexity index is 1270. The number of rotatable bonds is 4. The summed E-state index contributed by atoms with van der Waals surface area (Å²) in [6, 6.07) is 7.66. The van der Waals surface area contributed by atoms with Gasteiger partial charge in [-0.1, -0.05) is 23.7 Å². The number of anilines is 1. The molecule has 0 saturated carbocycles. The first-order valence-corrected chi connectivity index (χ1v) is 13.3. The van der Waals surface area contributed by atoms with E-state index in [-0.39, 0.29) is 40.9 Å². The van der Waals surface area contributed by atoms with Crippen LogP contribution >= 0.6 is 11.6 Å². The van der Waals surface area contributed by atoms with Gasteiger partial charge < -0.3 is 14.7 Å². The second-order valence-corrected chi connectivity index (χ2v) is 10.8. The number of alkyl halides is 3. The first-order chi connectivity index (χ1) is 18.8. The number of carbonyl (C=O) groups is 3. The van der Waals surface area contributed by atoms with Gasteiger partial charge in [0.05, 0.1) is 11.6 Å². The summed E-state index contributed by atoms with van der Waals surface area (Å²) in [5.74, 6) is -1.14. The van der Waals surface area contributed by atoms with Crippen LogP contribution in [0, 0.1) is 11.7 Å². The number of carbonyl (C=O) groups excluding carboxylic acids is 3. The average molecular weight is 583 g/mol. The van der Waals surface area contributed by atoms with Gasteiger partial charge >= 0.3 is 12.2 Å². The van der Waals surface area contributed by atoms with E-state index in [1.165, 1.54) is 44.1 Å². The maximum atomic E-state index is 13.7. The fourth-order valence-electron chi connectivity index (χ4n) is 5.52. The van der Waals surface area contributed by atoms with Gasteiger partial charge in [0.15, 0.2) is 0 Å². The predicted octanol–water partition coefficient (Wildman–Crippen LogP) is 5.24. The van der Waals surface area contributed by atoms with E-state index < -0.39 is 29.6 Å². The molecule has 0 N–H and O–H groups in total. The zero-order chi connectivity index (χ0) is 29.4. The molecule has 2 atom stereocenters. The highest BCUT2D eigenvalue weighted by atomic mass is 35.5. The van der Waals surface area contributed by atoms with E-state index in [1.807, 2.05) is 0 Å². The summed E-state index contributed by atoms with van der Waals surface area (Å²) >= 11 is 5.93. The molecule has 2 aromatic rings. The van der Waals surface area contributed by atoms with Crippen LogP contribution in [0.5, 0.6) is 0 Å². The predicted molar refractivity (Wildman–Crippen MR) is 143 cm³/mol. The molecule has 2 fully saturated rings. The molecule has 0 aromatic heterocycles. The number of benzene rings is 2. The van der Waals surface area contributed by atoms with Gasteiger partial charge in [0.1, 0.15) is 5.82 Å². The molecule has 7 nitrogen and oxygen atoms in total. The highest BCUT2D eigenvalue weighted by molar-refractivity contribution is 6.31. The number of likely N-dealkylation sites (N-methyl/N-ethyl adjacent to an activating group) is 1. The van der Waals surface area contributed by atoms with Crippen molar-refractivity contribution in [3.63, 3.8) is 0 Å². The molecule has 2 heterocycles. The lowest BCUT2D eigenvalue weighted by Crippen LogP contribution is -2.48. The molecule has 216 valence electrons. The maximum Gasteiger partial charge on any atom is 0.416 e. The minimum absolute atomic E-state index is 0.0295. The van der Waals surface area contributed by atoms with E-state index in [1.54, 1.807) is 21.9 Å². The van der Waals surface area contributed by atoms with Crippen LogP contribution in [0.2, 0.25) is 5.02 Å². The van der Waals surface area contributed by atoms with Crippen molar-refractivity contribution in [2.75, 3.05) is 45.2 Å². The van der Waals surface area contributed by atoms with Gasteiger partial charge in [-0.15, -0.1) is 0 Å². The van der Waals surface area contributed by atoms with Gasteiger partial charge in [-0.3, -0.25) is 14.5 Å². The lowest BCUT2D eigenvalue weighted by atomic mass is 9.93. The molecule has 0 unspecified atom stereocenters. The minimum Gasteiger partial charge on any atom is -0.343 e. The van der Waals surface area contributed by atoms with Crippen LogP contribution in [0.15, 0.2) is 42.5 Å². The molecular formula is C28H31ClF4N4O3. The van der Waals surface area contributed by atoms with Crippen LogP contribution in [-0.2, 0) is 15.8 Å². The Hall–Kier alpha value is -3.34. The Morgan fingerprint density at radius 2 is 1.57 bits per heavy atom. The van der Waals surface area contributed by atoms with E-state index in [2.05, 4.69) is 0 Å². The van der Waals surface area contributed by atoms with Gasteiger partial charge in [-0.25, -0.2) is 9.18 Å². The lowest BCUT2D eigenvalue weighted by molar-refractivity contribution is -0.139. The smallest absolute Gasteiger partial charge is 0.343 e. The summed E-state index contributed by atoms with van der Waals surface area (Å²) in [4.78, 5) is 44.6. The quantitative estimate of drug-likeness (QED) is 0.463. The molecule has 2 aromatic carbocycles. The molecule has 2 saturated heterocycles. The van der Waals surface area contributed by atoms with Crippen molar-refractivity contribution in [1.29, 1.82) is 0 Å². The van der Waals surface area contributed by atoms with Crippen LogP contribution in [0.1, 0.15) is 36.8 Å². The van der Waals surface area contributed by atoms with Gasteiger partial charge in [0, 0.05) is 69.7 Å². The fourth-order valence-corrected chi connectivity index (χ4v) is 5.75. The first-order valence-electron chi connectivity index (χ1n) is 12.9. The van der Waals surface area contributed by atoms with Crippen LogP contribution in [0.4, 0.5) is 28.0 Å². The standard InChI is InChI=1S/C28H31ClF4N4O3/c1-17(38)36-10-8-19(9-11-36)26(39)37-15-24(18-4-6-22(30)7-5-18)25(16-37)35(3)27(40)34(2)23-13-20(28(31,32)33)12-21(29)14-23/h4-7,12-14,19,24-25H,8-11,15-16H2,1-3H3/t24-,25+/m0/s1. The molecular weight excluding hydrogens is 552 g/mol. The molecule has 0 bridgehead atoms. The van der Waals surface area contributed by atoms with Crippen LogP contribution in [0.3, 0.4) is 0 Å². The normalized spacial score (nSPS) is 20.0. The summed E-state index contributed by atoms with van der Waals surface area (Å²) < 4.78 is 53.8. The topological polar surface area (TPSA) is 64.2 Å². The third-order valence-corrected chi connectivity index (χ3v) is 8.09. The largest absolute Gasteiger partial charge is 0.416 e. The van der Waals surface area contributed by atoms with Crippen molar-refractivity contribution < 1.29 is 31.9 Å². The second kappa shape index (κ2) is 11.6. The Morgan fingerprint density at radius 3 is 2.15 bits per heavy atom. The number of piperidine rings is 1. The number of urea groups is 1. The molecule has 40 heavy (non-hydrogen) atoms. The molecule has 0 spiro atoms. The number of hydrogen-bond donors (Lipinski definition) is 0. The number of likely N-dealkylation sites (tertiary alicyclic amines) is 2. The summed E-state index contributed by atoms with van der Waals surface area (Å²) in [5.41, 5.74) is -0.273. The summed E-state index contributed by atoms with van der Waals surface area (Å²) in [6.45, 7) is 2.98. The third-order valence-electron chi connectivity index (χ3n) is 7.87. The fraction of sp³-hybridized carbons (Fsp3) is 0.464. The first kappa shape index (κ1) is 29.6. The van der Waals surface area contributed by atoms with Crippen molar-refractivity contribution in [3.05, 3.63) is 64.4 Å². The molecule has 12 heteroatoms. The van der Waals surface area contributed by atoms with Crippen molar-refractivity contribution in [2.45, 2.75) is 37.9 Å². The van der Waals surface area contributed by atoms with Gasteiger partial charge in [0.25, 0.3) is 0 Å². The van der Waals surface area contributed by atoms with Gasteiger partial charge in [-0.2, -0.15) is 13.2 Å². The summed E-state index contributed by atoms with van der Waals surface area (Å²) in [7, 11) is 2.90. The van der Waals surface area contributed by atoms with E-state index in [0.717, 1.165) is 22.6 Å². The van der Waals surface area contributed by atoms with Crippen LogP contribution < -0.4 is 4.90 Å². The second-order valence-electron chi connectivity index (χ2n) is 10.4. The monoisotopic (exact) mass is 582 g/mol.